The fourth-order valence-corrected chi connectivity index (χ4v) is 3.06. The summed E-state index contributed by atoms with van der Waals surface area (Å²) in [6, 6.07) is 0. The topological polar surface area (TPSA) is 41.1 Å². The van der Waals surface area contributed by atoms with Gasteiger partial charge < -0.3 is 10.2 Å². The molecule has 1 aliphatic rings. The van der Waals surface area contributed by atoms with Crippen LogP contribution in [-0.2, 0) is 13.0 Å². The average Bonchev–Trinajstić information content (AvgIpc) is 2.84. The second-order valence-corrected chi connectivity index (χ2v) is 5.81. The lowest BCUT2D eigenvalue weighted by Crippen LogP contribution is -2.35. The number of piperidine rings is 1. The Morgan fingerprint density at radius 2 is 2.11 bits per heavy atom. The van der Waals surface area contributed by atoms with Crippen LogP contribution in [0.25, 0.3) is 0 Å². The van der Waals surface area contributed by atoms with Gasteiger partial charge in [0.05, 0.1) is 10.6 Å². The van der Waals surface area contributed by atoms with E-state index in [1.54, 1.807) is 0 Å². The van der Waals surface area contributed by atoms with E-state index in [1.165, 1.54) is 61.0 Å². The smallest absolute Gasteiger partial charge is 0.0800 e. The third-order valence-electron chi connectivity index (χ3n) is 3.46. The molecule has 0 atom stereocenters. The Bertz CT molecular complexity index is 333. The Morgan fingerprint density at radius 1 is 1.28 bits per heavy atom. The van der Waals surface area contributed by atoms with Gasteiger partial charge in [-0.1, -0.05) is 24.3 Å². The Kier molecular flexibility index (Phi) is 6.04. The number of aryl methyl sites for hydroxylation is 1. The molecule has 0 unspecified atom stereocenters. The minimum absolute atomic E-state index is 0.931. The maximum absolute atomic E-state index is 4.19. The van der Waals surface area contributed by atoms with Crippen molar-refractivity contribution in [1.29, 1.82) is 0 Å². The number of nitrogens with zero attached hydrogens (tertiary/aromatic N) is 3. The molecule has 0 radical (unpaired) electrons. The number of likely N-dealkylation sites (tertiary alicyclic amines) is 1. The quantitative estimate of drug-likeness (QED) is 0.769. The van der Waals surface area contributed by atoms with Gasteiger partial charge in [0.2, 0.25) is 0 Å². The summed E-state index contributed by atoms with van der Waals surface area (Å²) in [7, 11) is 0. The first-order valence-electron chi connectivity index (χ1n) is 7.13. The summed E-state index contributed by atoms with van der Waals surface area (Å²) in [5.41, 5.74) is 1.19. The van der Waals surface area contributed by atoms with Crippen LogP contribution in [0.5, 0.6) is 0 Å². The van der Waals surface area contributed by atoms with Gasteiger partial charge in [-0.05, 0) is 43.9 Å². The summed E-state index contributed by atoms with van der Waals surface area (Å²) in [6.07, 6.45) is 6.36. The Hall–Kier alpha value is -0.520. The molecule has 1 aromatic rings. The molecule has 0 aliphatic carbocycles. The van der Waals surface area contributed by atoms with Gasteiger partial charge in [0.1, 0.15) is 0 Å². The number of aromatic nitrogens is 2. The first-order valence-corrected chi connectivity index (χ1v) is 7.90. The molecule has 1 N–H and O–H groups in total. The Labute approximate surface area is 114 Å². The van der Waals surface area contributed by atoms with Gasteiger partial charge in [-0.3, -0.25) is 0 Å². The molecule has 1 fully saturated rings. The fraction of sp³-hybridized carbons (Fsp3) is 0.846. The van der Waals surface area contributed by atoms with E-state index < -0.39 is 0 Å². The van der Waals surface area contributed by atoms with Gasteiger partial charge in [-0.15, -0.1) is 5.10 Å². The first-order chi connectivity index (χ1) is 8.90. The standard InChI is InChI=1S/C13H24N4S/c1-2-6-12-13(18-16-15-12)11-14-7-10-17-8-4-3-5-9-17/h14H,2-11H2,1H3. The molecule has 2 rings (SSSR count). The first kappa shape index (κ1) is 13.9. The van der Waals surface area contributed by atoms with E-state index in [2.05, 4.69) is 26.7 Å². The van der Waals surface area contributed by atoms with Crippen molar-refractivity contribution >= 4 is 11.5 Å². The summed E-state index contributed by atoms with van der Waals surface area (Å²) in [5.74, 6) is 0. The summed E-state index contributed by atoms with van der Waals surface area (Å²) in [4.78, 5) is 3.88. The van der Waals surface area contributed by atoms with E-state index in [4.69, 9.17) is 0 Å². The van der Waals surface area contributed by atoms with E-state index in [-0.39, 0.29) is 0 Å². The molecule has 102 valence electrons. The molecular formula is C13H24N4S. The molecular weight excluding hydrogens is 244 g/mol. The van der Waals surface area contributed by atoms with Crippen molar-refractivity contribution in [3.63, 3.8) is 0 Å². The summed E-state index contributed by atoms with van der Waals surface area (Å²) >= 11 is 1.54. The Morgan fingerprint density at radius 3 is 2.89 bits per heavy atom. The SMILES string of the molecule is CCCc1nnsc1CNCCN1CCCCC1. The van der Waals surface area contributed by atoms with Crippen molar-refractivity contribution in [3.05, 3.63) is 10.6 Å². The molecule has 0 saturated carbocycles. The number of hydrogen-bond acceptors (Lipinski definition) is 5. The maximum atomic E-state index is 4.19. The van der Waals surface area contributed by atoms with Crippen molar-refractivity contribution in [2.75, 3.05) is 26.2 Å². The molecule has 1 aromatic heterocycles. The normalized spacial score (nSPS) is 17.2. The number of hydrogen-bond donors (Lipinski definition) is 1. The lowest BCUT2D eigenvalue weighted by Gasteiger charge is -2.26. The van der Waals surface area contributed by atoms with Gasteiger partial charge in [0.15, 0.2) is 0 Å². The van der Waals surface area contributed by atoms with Crippen LogP contribution in [0.1, 0.15) is 43.2 Å². The predicted molar refractivity (Wildman–Crippen MR) is 75.9 cm³/mol. The highest BCUT2D eigenvalue weighted by atomic mass is 32.1. The van der Waals surface area contributed by atoms with Gasteiger partial charge in [0, 0.05) is 19.6 Å². The second kappa shape index (κ2) is 7.81. The molecule has 5 heteroatoms. The minimum atomic E-state index is 0.931. The molecule has 18 heavy (non-hydrogen) atoms. The van der Waals surface area contributed by atoms with Crippen molar-refractivity contribution in [2.24, 2.45) is 0 Å². The van der Waals surface area contributed by atoms with Crippen LogP contribution in [-0.4, -0.2) is 40.7 Å². The van der Waals surface area contributed by atoms with Crippen molar-refractivity contribution in [2.45, 2.75) is 45.6 Å². The highest BCUT2D eigenvalue weighted by Gasteiger charge is 2.10. The van der Waals surface area contributed by atoms with Crippen LogP contribution in [0.4, 0.5) is 0 Å². The molecule has 1 aliphatic heterocycles. The summed E-state index contributed by atoms with van der Waals surface area (Å²) in [5, 5.41) is 7.72. The van der Waals surface area contributed by atoms with Crippen molar-refractivity contribution < 1.29 is 0 Å². The molecule has 0 spiro atoms. The van der Waals surface area contributed by atoms with Crippen molar-refractivity contribution in [1.82, 2.24) is 19.8 Å². The van der Waals surface area contributed by atoms with Crippen LogP contribution in [0.2, 0.25) is 0 Å². The molecule has 2 heterocycles. The lowest BCUT2D eigenvalue weighted by molar-refractivity contribution is 0.229. The van der Waals surface area contributed by atoms with E-state index in [1.807, 2.05) is 0 Å². The van der Waals surface area contributed by atoms with Crippen LogP contribution in [0.3, 0.4) is 0 Å². The third kappa shape index (κ3) is 4.30. The molecule has 4 nitrogen and oxygen atoms in total. The van der Waals surface area contributed by atoms with E-state index in [0.717, 1.165) is 25.9 Å². The maximum Gasteiger partial charge on any atom is 0.0800 e. The monoisotopic (exact) mass is 268 g/mol. The zero-order valence-electron chi connectivity index (χ0n) is 11.3. The lowest BCUT2D eigenvalue weighted by atomic mass is 10.1. The number of rotatable bonds is 7. The largest absolute Gasteiger partial charge is 0.310 e. The zero-order chi connectivity index (χ0) is 12.6. The molecule has 1 saturated heterocycles. The average molecular weight is 268 g/mol. The molecule has 0 bridgehead atoms. The highest BCUT2D eigenvalue weighted by molar-refractivity contribution is 7.05. The highest BCUT2D eigenvalue weighted by Crippen LogP contribution is 2.12. The Balaban J connectivity index is 1.63. The fourth-order valence-electron chi connectivity index (χ4n) is 2.41. The van der Waals surface area contributed by atoms with Gasteiger partial charge in [0.25, 0.3) is 0 Å². The van der Waals surface area contributed by atoms with Gasteiger partial charge >= 0.3 is 0 Å². The van der Waals surface area contributed by atoms with Crippen LogP contribution >= 0.6 is 11.5 Å². The van der Waals surface area contributed by atoms with Crippen LogP contribution in [0, 0.1) is 0 Å². The third-order valence-corrected chi connectivity index (χ3v) is 4.22. The minimum Gasteiger partial charge on any atom is -0.310 e. The van der Waals surface area contributed by atoms with E-state index in [9.17, 15) is 0 Å². The summed E-state index contributed by atoms with van der Waals surface area (Å²) < 4.78 is 4.05. The zero-order valence-corrected chi connectivity index (χ0v) is 12.1. The molecule has 0 aromatic carbocycles. The predicted octanol–water partition coefficient (Wildman–Crippen LogP) is 2.07. The van der Waals surface area contributed by atoms with Crippen LogP contribution in [0.15, 0.2) is 0 Å². The van der Waals surface area contributed by atoms with Crippen LogP contribution < -0.4 is 5.32 Å². The van der Waals surface area contributed by atoms with Gasteiger partial charge in [-0.25, -0.2) is 0 Å². The van der Waals surface area contributed by atoms with E-state index in [0.29, 0.717) is 0 Å². The second-order valence-electron chi connectivity index (χ2n) is 4.97. The summed E-state index contributed by atoms with van der Waals surface area (Å²) in [6.45, 7) is 7.93. The van der Waals surface area contributed by atoms with Crippen molar-refractivity contribution in [3.8, 4) is 0 Å². The van der Waals surface area contributed by atoms with Gasteiger partial charge in [-0.2, -0.15) is 0 Å². The molecule has 0 amide bonds. The van der Waals surface area contributed by atoms with E-state index >= 15 is 0 Å². The number of nitrogens with one attached hydrogen (secondary N) is 1.